The van der Waals surface area contributed by atoms with Gasteiger partial charge in [-0.2, -0.15) is 5.10 Å². The molecule has 1 rings (SSSR count). The van der Waals surface area contributed by atoms with E-state index in [4.69, 9.17) is 0 Å². The molecular weight excluding hydrogens is 180 g/mol. The number of hydrogen-bond acceptors (Lipinski definition) is 3. The molecule has 0 aliphatic heterocycles. The predicted molar refractivity (Wildman–Crippen MR) is 54.9 cm³/mol. The number of rotatable bonds is 4. The van der Waals surface area contributed by atoms with Gasteiger partial charge in [0.2, 0.25) is 5.91 Å². The van der Waals surface area contributed by atoms with E-state index in [2.05, 4.69) is 15.7 Å². The summed E-state index contributed by atoms with van der Waals surface area (Å²) in [5.41, 5.74) is 0.737. The van der Waals surface area contributed by atoms with Gasteiger partial charge in [0.05, 0.1) is 11.9 Å². The van der Waals surface area contributed by atoms with Crippen LogP contribution in [0.5, 0.6) is 0 Å². The van der Waals surface area contributed by atoms with Gasteiger partial charge in [0.15, 0.2) is 0 Å². The topological polar surface area (TPSA) is 59.0 Å². The highest BCUT2D eigenvalue weighted by Crippen LogP contribution is 2.05. The molecule has 14 heavy (non-hydrogen) atoms. The zero-order chi connectivity index (χ0) is 10.6. The molecule has 1 aromatic heterocycles. The Bertz CT molecular complexity index is 308. The van der Waals surface area contributed by atoms with Crippen LogP contribution in [-0.2, 0) is 11.8 Å². The molecule has 5 nitrogen and oxygen atoms in total. The molecule has 1 heterocycles. The first-order chi connectivity index (χ1) is 6.63. The lowest BCUT2D eigenvalue weighted by Crippen LogP contribution is -2.28. The second-order valence-electron chi connectivity index (χ2n) is 3.35. The zero-order valence-electron chi connectivity index (χ0n) is 8.74. The second kappa shape index (κ2) is 4.76. The van der Waals surface area contributed by atoms with Crippen LogP contribution in [0.1, 0.15) is 6.92 Å². The van der Waals surface area contributed by atoms with Crippen molar-refractivity contribution in [3.05, 3.63) is 12.4 Å². The molecule has 0 saturated heterocycles. The molecule has 0 saturated carbocycles. The number of aryl methyl sites for hydroxylation is 1. The molecule has 0 aromatic carbocycles. The standard InChI is InChI=1S/C9H16N4O/c1-7(4-10-2)9(14)12-8-5-11-13(3)6-8/h5-7,10H,4H2,1-3H3,(H,12,14). The van der Waals surface area contributed by atoms with Crippen LogP contribution in [0.15, 0.2) is 12.4 Å². The molecular formula is C9H16N4O. The molecule has 1 atom stereocenters. The minimum Gasteiger partial charge on any atom is -0.323 e. The normalized spacial score (nSPS) is 12.5. The van der Waals surface area contributed by atoms with Crippen molar-refractivity contribution in [2.45, 2.75) is 6.92 Å². The first-order valence-electron chi connectivity index (χ1n) is 4.57. The van der Waals surface area contributed by atoms with Crippen molar-refractivity contribution in [3.63, 3.8) is 0 Å². The van der Waals surface area contributed by atoms with Gasteiger partial charge >= 0.3 is 0 Å². The third-order valence-electron chi connectivity index (χ3n) is 1.93. The summed E-state index contributed by atoms with van der Waals surface area (Å²) in [5, 5.41) is 9.70. The number of carbonyl (C=O) groups excluding carboxylic acids is 1. The first kappa shape index (κ1) is 10.7. The molecule has 0 radical (unpaired) electrons. The Labute approximate surface area is 83.5 Å². The molecule has 2 N–H and O–H groups in total. The number of carbonyl (C=O) groups is 1. The molecule has 1 aromatic rings. The Balaban J connectivity index is 2.48. The highest BCUT2D eigenvalue weighted by atomic mass is 16.1. The fourth-order valence-electron chi connectivity index (χ4n) is 1.15. The largest absolute Gasteiger partial charge is 0.323 e. The Hall–Kier alpha value is -1.36. The van der Waals surface area contributed by atoms with Gasteiger partial charge in [-0.1, -0.05) is 6.92 Å². The van der Waals surface area contributed by atoms with E-state index in [1.807, 2.05) is 21.0 Å². The number of hydrogen-bond donors (Lipinski definition) is 2. The van der Waals surface area contributed by atoms with Crippen molar-refractivity contribution in [2.75, 3.05) is 18.9 Å². The van der Waals surface area contributed by atoms with Crippen LogP contribution < -0.4 is 10.6 Å². The molecule has 78 valence electrons. The molecule has 0 aliphatic carbocycles. The Morgan fingerprint density at radius 2 is 2.43 bits per heavy atom. The van der Waals surface area contributed by atoms with E-state index < -0.39 is 0 Å². The van der Waals surface area contributed by atoms with Crippen molar-refractivity contribution in [1.29, 1.82) is 0 Å². The maximum Gasteiger partial charge on any atom is 0.228 e. The van der Waals surface area contributed by atoms with Crippen LogP contribution >= 0.6 is 0 Å². The lowest BCUT2D eigenvalue weighted by atomic mass is 10.1. The van der Waals surface area contributed by atoms with E-state index in [0.717, 1.165) is 5.69 Å². The van der Waals surface area contributed by atoms with E-state index in [1.54, 1.807) is 17.1 Å². The SMILES string of the molecule is CNCC(C)C(=O)Nc1cnn(C)c1. The Kier molecular flexibility index (Phi) is 3.64. The van der Waals surface area contributed by atoms with Gasteiger partial charge in [0.1, 0.15) is 0 Å². The zero-order valence-corrected chi connectivity index (χ0v) is 8.74. The van der Waals surface area contributed by atoms with Gasteiger partial charge < -0.3 is 10.6 Å². The van der Waals surface area contributed by atoms with E-state index >= 15 is 0 Å². The van der Waals surface area contributed by atoms with Gasteiger partial charge in [-0.25, -0.2) is 0 Å². The van der Waals surface area contributed by atoms with E-state index in [-0.39, 0.29) is 11.8 Å². The fraction of sp³-hybridized carbons (Fsp3) is 0.556. The van der Waals surface area contributed by atoms with Crippen molar-refractivity contribution < 1.29 is 4.79 Å². The Morgan fingerprint density at radius 1 is 1.71 bits per heavy atom. The minimum atomic E-state index is -0.0415. The summed E-state index contributed by atoms with van der Waals surface area (Å²) in [4.78, 5) is 11.5. The summed E-state index contributed by atoms with van der Waals surface area (Å²) >= 11 is 0. The van der Waals surface area contributed by atoms with Crippen molar-refractivity contribution in [3.8, 4) is 0 Å². The third-order valence-corrected chi connectivity index (χ3v) is 1.93. The fourth-order valence-corrected chi connectivity index (χ4v) is 1.15. The van der Waals surface area contributed by atoms with Crippen LogP contribution in [0.4, 0.5) is 5.69 Å². The quantitative estimate of drug-likeness (QED) is 0.724. The smallest absolute Gasteiger partial charge is 0.228 e. The highest BCUT2D eigenvalue weighted by molar-refractivity contribution is 5.92. The molecule has 0 aliphatic rings. The number of aromatic nitrogens is 2. The maximum absolute atomic E-state index is 11.5. The van der Waals surface area contributed by atoms with Gasteiger partial charge in [0.25, 0.3) is 0 Å². The average molecular weight is 196 g/mol. The van der Waals surface area contributed by atoms with Crippen molar-refractivity contribution in [1.82, 2.24) is 15.1 Å². The van der Waals surface area contributed by atoms with Gasteiger partial charge in [-0.15, -0.1) is 0 Å². The lowest BCUT2D eigenvalue weighted by molar-refractivity contribution is -0.119. The van der Waals surface area contributed by atoms with E-state index in [0.29, 0.717) is 6.54 Å². The first-order valence-corrected chi connectivity index (χ1v) is 4.57. The van der Waals surface area contributed by atoms with Gasteiger partial charge in [-0.05, 0) is 7.05 Å². The van der Waals surface area contributed by atoms with Gasteiger partial charge in [-0.3, -0.25) is 9.48 Å². The summed E-state index contributed by atoms with van der Waals surface area (Å²) < 4.78 is 1.65. The number of nitrogens with zero attached hydrogens (tertiary/aromatic N) is 2. The number of anilines is 1. The highest BCUT2D eigenvalue weighted by Gasteiger charge is 2.12. The molecule has 5 heteroatoms. The van der Waals surface area contributed by atoms with Gasteiger partial charge in [0, 0.05) is 25.7 Å². The summed E-state index contributed by atoms with van der Waals surface area (Å²) in [5.74, 6) is -0.0347. The monoisotopic (exact) mass is 196 g/mol. The predicted octanol–water partition coefficient (Wildman–Crippen LogP) is 0.214. The van der Waals surface area contributed by atoms with Crippen molar-refractivity contribution >= 4 is 11.6 Å². The van der Waals surface area contributed by atoms with Crippen LogP contribution in [0.2, 0.25) is 0 Å². The third kappa shape index (κ3) is 2.85. The summed E-state index contributed by atoms with van der Waals surface area (Å²) in [6, 6.07) is 0. The molecule has 0 bridgehead atoms. The summed E-state index contributed by atoms with van der Waals surface area (Å²) in [7, 11) is 3.64. The average Bonchev–Trinajstić information content (AvgIpc) is 2.51. The number of nitrogens with one attached hydrogen (secondary N) is 2. The summed E-state index contributed by atoms with van der Waals surface area (Å²) in [6.45, 7) is 2.55. The van der Waals surface area contributed by atoms with Crippen LogP contribution in [0.3, 0.4) is 0 Å². The minimum absolute atomic E-state index is 0.00681. The molecule has 0 spiro atoms. The second-order valence-corrected chi connectivity index (χ2v) is 3.35. The maximum atomic E-state index is 11.5. The van der Waals surface area contributed by atoms with E-state index in [9.17, 15) is 4.79 Å². The Morgan fingerprint density at radius 3 is 2.93 bits per heavy atom. The lowest BCUT2D eigenvalue weighted by Gasteiger charge is -2.09. The molecule has 1 amide bonds. The van der Waals surface area contributed by atoms with Crippen LogP contribution in [0, 0.1) is 5.92 Å². The van der Waals surface area contributed by atoms with Crippen LogP contribution in [-0.4, -0.2) is 29.3 Å². The number of amides is 1. The van der Waals surface area contributed by atoms with Crippen LogP contribution in [0.25, 0.3) is 0 Å². The molecule has 0 fully saturated rings. The summed E-state index contributed by atoms with van der Waals surface area (Å²) in [6.07, 6.45) is 3.40. The molecule has 1 unspecified atom stereocenters. The van der Waals surface area contributed by atoms with Crippen molar-refractivity contribution in [2.24, 2.45) is 13.0 Å². The van der Waals surface area contributed by atoms with E-state index in [1.165, 1.54) is 0 Å².